The zero-order chi connectivity index (χ0) is 14.8. The molecule has 0 saturated heterocycles. The summed E-state index contributed by atoms with van der Waals surface area (Å²) in [6.07, 6.45) is 13.9. The quantitative estimate of drug-likeness (QED) is 0.248. The normalized spacial score (nSPS) is 12.8. The number of halogens is 2. The summed E-state index contributed by atoms with van der Waals surface area (Å²) in [6, 6.07) is 2.27. The molecule has 0 fully saturated rings. The Hall–Kier alpha value is 0.660. The van der Waals surface area contributed by atoms with Crippen molar-refractivity contribution in [3.63, 3.8) is 0 Å². The molecule has 1 rings (SSSR count). The second kappa shape index (κ2) is 11.3. The molecule has 20 heavy (non-hydrogen) atoms. The molecule has 0 nitrogen and oxygen atoms in total. The lowest BCUT2D eigenvalue weighted by Gasteiger charge is -2.07. The summed E-state index contributed by atoms with van der Waals surface area (Å²) in [5.41, 5.74) is 0. The first-order chi connectivity index (χ1) is 9.65. The molecule has 116 valence electrons. The zero-order valence-corrected chi connectivity index (χ0v) is 16.9. The molecule has 1 aromatic heterocycles. The van der Waals surface area contributed by atoms with Crippen LogP contribution in [0.2, 0.25) is 0 Å². The lowest BCUT2D eigenvalue weighted by atomic mass is 10.1. The van der Waals surface area contributed by atoms with E-state index in [-0.39, 0.29) is 0 Å². The van der Waals surface area contributed by atoms with Crippen LogP contribution in [0.3, 0.4) is 0 Å². The Kier molecular flexibility index (Phi) is 10.5. The summed E-state index contributed by atoms with van der Waals surface area (Å²) < 4.78 is 1.26. The second-order valence-electron chi connectivity index (χ2n) is 5.64. The molecule has 0 spiro atoms. The molecule has 0 aliphatic carbocycles. The summed E-state index contributed by atoms with van der Waals surface area (Å²) in [5, 5.41) is 0. The highest BCUT2D eigenvalue weighted by atomic mass is 79.9. The lowest BCUT2D eigenvalue weighted by molar-refractivity contribution is 0.556. The van der Waals surface area contributed by atoms with Gasteiger partial charge in [0.2, 0.25) is 0 Å². The van der Waals surface area contributed by atoms with E-state index in [1.807, 2.05) is 11.3 Å². The van der Waals surface area contributed by atoms with E-state index in [2.05, 4.69) is 51.8 Å². The summed E-state index contributed by atoms with van der Waals surface area (Å²) in [6.45, 7) is 4.46. The van der Waals surface area contributed by atoms with Crippen LogP contribution in [0.25, 0.3) is 0 Å². The number of rotatable bonds is 11. The number of aryl methyl sites for hydroxylation is 1. The maximum absolute atomic E-state index is 3.83. The Morgan fingerprint density at radius 1 is 1.00 bits per heavy atom. The molecule has 0 radical (unpaired) electrons. The van der Waals surface area contributed by atoms with Gasteiger partial charge in [-0.25, -0.2) is 0 Å². The van der Waals surface area contributed by atoms with Crippen molar-refractivity contribution >= 4 is 43.2 Å². The zero-order valence-electron chi connectivity index (χ0n) is 12.9. The van der Waals surface area contributed by atoms with Crippen LogP contribution in [-0.2, 0) is 0 Å². The third-order valence-electron chi connectivity index (χ3n) is 3.75. The second-order valence-corrected chi connectivity index (χ2v) is 8.89. The van der Waals surface area contributed by atoms with Gasteiger partial charge in [-0.1, -0.05) is 80.6 Å². The molecular weight excluding hydrogens is 396 g/mol. The predicted octanol–water partition coefficient (Wildman–Crippen LogP) is 8.18. The summed E-state index contributed by atoms with van der Waals surface area (Å²) >= 11 is 9.34. The molecular formula is C17H28Br2S. The van der Waals surface area contributed by atoms with Crippen molar-refractivity contribution in [2.75, 3.05) is 0 Å². The molecule has 0 bridgehead atoms. The molecule has 1 aromatic rings. The van der Waals surface area contributed by atoms with E-state index in [1.54, 1.807) is 0 Å². The van der Waals surface area contributed by atoms with Crippen molar-refractivity contribution in [2.24, 2.45) is 0 Å². The maximum Gasteiger partial charge on any atom is 0.0489 e. The predicted molar refractivity (Wildman–Crippen MR) is 100 cm³/mol. The van der Waals surface area contributed by atoms with E-state index in [1.165, 1.54) is 78.4 Å². The Labute approximate surface area is 146 Å². The van der Waals surface area contributed by atoms with Crippen molar-refractivity contribution in [2.45, 2.75) is 82.9 Å². The Morgan fingerprint density at radius 3 is 2.05 bits per heavy atom. The van der Waals surface area contributed by atoms with Crippen molar-refractivity contribution in [1.29, 1.82) is 0 Å². The number of hydrogen-bond acceptors (Lipinski definition) is 1. The fraction of sp³-hybridized carbons (Fsp3) is 0.765. The van der Waals surface area contributed by atoms with Gasteiger partial charge in [0.15, 0.2) is 0 Å². The summed E-state index contributed by atoms with van der Waals surface area (Å²) in [4.78, 5) is 3.40. The monoisotopic (exact) mass is 422 g/mol. The number of thiophene rings is 1. The molecule has 0 N–H and O–H groups in total. The van der Waals surface area contributed by atoms with Crippen LogP contribution in [0.15, 0.2) is 10.5 Å². The SMILES string of the molecule is CCCCCCCCCCCC(Br)c1cc(Br)c(C)s1. The van der Waals surface area contributed by atoms with Gasteiger partial charge in [-0.05, 0) is 35.3 Å². The smallest absolute Gasteiger partial charge is 0.0489 e. The van der Waals surface area contributed by atoms with Gasteiger partial charge in [-0.15, -0.1) is 11.3 Å². The first kappa shape index (κ1) is 18.7. The number of hydrogen-bond donors (Lipinski definition) is 0. The van der Waals surface area contributed by atoms with Crippen LogP contribution in [0.5, 0.6) is 0 Å². The van der Waals surface area contributed by atoms with Crippen LogP contribution in [0.1, 0.15) is 85.7 Å². The third kappa shape index (κ3) is 7.61. The molecule has 0 aliphatic heterocycles. The van der Waals surface area contributed by atoms with Gasteiger partial charge in [-0.2, -0.15) is 0 Å². The fourth-order valence-corrected chi connectivity index (χ4v) is 4.72. The van der Waals surface area contributed by atoms with Gasteiger partial charge >= 0.3 is 0 Å². The molecule has 1 atom stereocenters. The van der Waals surface area contributed by atoms with Crippen LogP contribution in [0.4, 0.5) is 0 Å². The van der Waals surface area contributed by atoms with Gasteiger partial charge in [-0.3, -0.25) is 0 Å². The van der Waals surface area contributed by atoms with E-state index in [0.717, 1.165) is 0 Å². The minimum Gasteiger partial charge on any atom is -0.143 e. The van der Waals surface area contributed by atoms with E-state index >= 15 is 0 Å². The lowest BCUT2D eigenvalue weighted by Crippen LogP contribution is -1.87. The molecule has 1 unspecified atom stereocenters. The highest BCUT2D eigenvalue weighted by Gasteiger charge is 2.11. The van der Waals surface area contributed by atoms with Crippen LogP contribution in [-0.4, -0.2) is 0 Å². The maximum atomic E-state index is 3.83. The highest BCUT2D eigenvalue weighted by molar-refractivity contribution is 9.10. The molecule has 3 heteroatoms. The molecule has 0 aromatic carbocycles. The Morgan fingerprint density at radius 2 is 1.55 bits per heavy atom. The van der Waals surface area contributed by atoms with Gasteiger partial charge in [0.1, 0.15) is 0 Å². The molecule has 1 heterocycles. The Balaban J connectivity index is 2.01. The Bertz CT molecular complexity index is 340. The third-order valence-corrected chi connectivity index (χ3v) is 7.25. The van der Waals surface area contributed by atoms with Gasteiger partial charge in [0.25, 0.3) is 0 Å². The van der Waals surface area contributed by atoms with E-state index in [9.17, 15) is 0 Å². The van der Waals surface area contributed by atoms with Crippen molar-refractivity contribution in [3.8, 4) is 0 Å². The minimum atomic E-state index is 0.544. The molecule has 0 amide bonds. The average Bonchev–Trinajstić information content (AvgIpc) is 2.77. The topological polar surface area (TPSA) is 0 Å². The van der Waals surface area contributed by atoms with Crippen LogP contribution >= 0.6 is 43.2 Å². The fourth-order valence-electron chi connectivity index (χ4n) is 2.41. The number of unbranched alkanes of at least 4 members (excludes halogenated alkanes) is 8. The standard InChI is InChI=1S/C17H28Br2S/c1-3-4-5-6-7-8-9-10-11-12-15(18)17-13-16(19)14(2)20-17/h13,15H,3-12H2,1-2H3. The summed E-state index contributed by atoms with van der Waals surface area (Å²) in [5.74, 6) is 0. The van der Waals surface area contributed by atoms with Crippen molar-refractivity contribution in [1.82, 2.24) is 0 Å². The highest BCUT2D eigenvalue weighted by Crippen LogP contribution is 2.37. The largest absolute Gasteiger partial charge is 0.143 e. The first-order valence-electron chi connectivity index (χ1n) is 8.05. The van der Waals surface area contributed by atoms with Gasteiger partial charge < -0.3 is 0 Å². The van der Waals surface area contributed by atoms with Crippen LogP contribution in [0, 0.1) is 6.92 Å². The average molecular weight is 424 g/mol. The number of alkyl halides is 1. The minimum absolute atomic E-state index is 0.544. The van der Waals surface area contributed by atoms with Crippen molar-refractivity contribution in [3.05, 3.63) is 20.3 Å². The van der Waals surface area contributed by atoms with Crippen molar-refractivity contribution < 1.29 is 0 Å². The first-order valence-corrected chi connectivity index (χ1v) is 10.6. The van der Waals surface area contributed by atoms with E-state index < -0.39 is 0 Å². The van der Waals surface area contributed by atoms with Crippen LogP contribution < -0.4 is 0 Å². The van der Waals surface area contributed by atoms with E-state index in [4.69, 9.17) is 0 Å². The van der Waals surface area contributed by atoms with Gasteiger partial charge in [0.05, 0.1) is 0 Å². The molecule has 0 aliphatic rings. The molecule has 0 saturated carbocycles. The summed E-state index contributed by atoms with van der Waals surface area (Å²) in [7, 11) is 0. The van der Waals surface area contributed by atoms with E-state index in [0.29, 0.717) is 4.83 Å². The van der Waals surface area contributed by atoms with Gasteiger partial charge in [0, 0.05) is 19.1 Å².